The molecule has 0 unspecified atom stereocenters. The molecule has 0 spiro atoms. The van der Waals surface area contributed by atoms with Crippen molar-refractivity contribution in [1.82, 2.24) is 0 Å². The summed E-state index contributed by atoms with van der Waals surface area (Å²) >= 11 is 0. The van der Waals surface area contributed by atoms with Gasteiger partial charge >= 0.3 is 0 Å². The Morgan fingerprint density at radius 3 is 2.27 bits per heavy atom. The molecule has 4 aliphatic carbocycles. The number of aromatic hydroxyl groups is 2. The first-order chi connectivity index (χ1) is 20.9. The second-order valence-electron chi connectivity index (χ2n) is 15.8. The van der Waals surface area contributed by atoms with Crippen molar-refractivity contribution in [2.24, 2.45) is 40.4 Å². The van der Waals surface area contributed by atoms with Crippen LogP contribution in [0.1, 0.15) is 78.2 Å². The highest BCUT2D eigenvalue weighted by Gasteiger charge is 2.76. The van der Waals surface area contributed by atoms with Gasteiger partial charge in [0.25, 0.3) is 0 Å². The van der Waals surface area contributed by atoms with Gasteiger partial charge in [-0.15, -0.1) is 0 Å². The maximum atomic E-state index is 14.2. The molecule has 45 heavy (non-hydrogen) atoms. The number of allylic oxidation sites excluding steroid dienone is 1. The number of phenolic OH excluding ortho intramolecular Hbond substituents is 2. The van der Waals surface area contributed by atoms with Gasteiger partial charge in [0.15, 0.2) is 5.78 Å². The molecule has 0 radical (unpaired) electrons. The lowest BCUT2D eigenvalue weighted by Gasteiger charge is -2.62. The Balaban J connectivity index is 1.42. The summed E-state index contributed by atoms with van der Waals surface area (Å²) in [4.78, 5) is 14.2. The zero-order chi connectivity index (χ0) is 33.0. The fourth-order valence-corrected chi connectivity index (χ4v) is 10.8. The molecule has 6 rings (SSSR count). The first kappa shape index (κ1) is 32.9. The van der Waals surface area contributed by atoms with Crippen LogP contribution >= 0.6 is 0 Å². The minimum atomic E-state index is -1.62. The third-order valence-corrected chi connectivity index (χ3v) is 13.3. The van der Waals surface area contributed by atoms with Gasteiger partial charge in [-0.25, -0.2) is 0 Å². The Morgan fingerprint density at radius 2 is 1.67 bits per heavy atom. The van der Waals surface area contributed by atoms with Crippen molar-refractivity contribution in [1.29, 1.82) is 0 Å². The van der Waals surface area contributed by atoms with Crippen LogP contribution in [-0.2, 0) is 9.53 Å². The molecule has 1 aliphatic heterocycles. The average Bonchev–Trinajstić information content (AvgIpc) is 3.36. The Labute approximate surface area is 264 Å². The largest absolute Gasteiger partial charge is 0.508 e. The van der Waals surface area contributed by atoms with Crippen molar-refractivity contribution in [3.05, 3.63) is 35.4 Å². The fraction of sp³-hybridized carbons (Fsp3) is 0.743. The molecule has 3 saturated carbocycles. The number of phenols is 2. The quantitative estimate of drug-likeness (QED) is 0.231. The number of rotatable bonds is 6. The number of benzene rings is 1. The maximum absolute atomic E-state index is 14.2. The molecule has 1 saturated heterocycles. The van der Waals surface area contributed by atoms with E-state index in [1.54, 1.807) is 0 Å². The van der Waals surface area contributed by atoms with E-state index in [-0.39, 0.29) is 60.9 Å². The monoisotopic (exact) mass is 630 g/mol. The lowest BCUT2D eigenvalue weighted by molar-refractivity contribution is -0.185. The van der Waals surface area contributed by atoms with Gasteiger partial charge in [0, 0.05) is 48.7 Å². The van der Waals surface area contributed by atoms with Crippen LogP contribution in [0.15, 0.2) is 29.8 Å². The summed E-state index contributed by atoms with van der Waals surface area (Å²) < 4.78 is 6.47. The number of hydrogen-bond acceptors (Lipinski definition) is 10. The van der Waals surface area contributed by atoms with E-state index >= 15 is 0 Å². The van der Waals surface area contributed by atoms with Gasteiger partial charge < -0.3 is 45.6 Å². The highest BCUT2D eigenvalue weighted by Crippen LogP contribution is 2.72. The molecule has 1 heterocycles. The van der Waals surface area contributed by atoms with Crippen LogP contribution in [0.4, 0.5) is 0 Å². The van der Waals surface area contributed by atoms with E-state index < -0.39 is 70.3 Å². The van der Waals surface area contributed by atoms with Gasteiger partial charge in [-0.2, -0.15) is 0 Å². The molecule has 0 amide bonds. The SMILES string of the molecule is CC(C)[C@H](C)[C@H](O)[C@H]1O[C@H]2C[C@]3(O)C4=CC(=O)[C@H]5[C@@H](c6cc(O)cc(O)c6)[C@@H](O)[C@@H](O)C[C@]5(C)[C@@H]4CC[C@]3(C)[C@@H]2[C@]1(O)CCO. The summed E-state index contributed by atoms with van der Waals surface area (Å²) in [6.45, 7) is 9.39. The number of hydrogen-bond donors (Lipinski definition) is 8. The Morgan fingerprint density at radius 1 is 1.02 bits per heavy atom. The van der Waals surface area contributed by atoms with Crippen LogP contribution < -0.4 is 0 Å². The number of carbonyl (C=O) groups excluding carboxylic acids is 1. The van der Waals surface area contributed by atoms with Crippen molar-refractivity contribution >= 4 is 5.78 Å². The molecule has 4 fully saturated rings. The number of aliphatic hydroxyl groups is 6. The predicted molar refractivity (Wildman–Crippen MR) is 163 cm³/mol. The summed E-state index contributed by atoms with van der Waals surface area (Å²) in [6, 6.07) is 3.95. The van der Waals surface area contributed by atoms with Gasteiger partial charge in [0.1, 0.15) is 23.2 Å². The topological polar surface area (TPSA) is 188 Å². The summed E-state index contributed by atoms with van der Waals surface area (Å²) in [6.07, 6.45) is -2.41. The van der Waals surface area contributed by atoms with Crippen LogP contribution in [-0.4, -0.2) is 95.0 Å². The van der Waals surface area contributed by atoms with Gasteiger partial charge in [-0.05, 0) is 71.8 Å². The molecule has 5 aliphatic rings. The standard InChI is InChI=1S/C35H50O10/c1-16(2)17(3)28(41)31-34(43,8-9-36)30-25(45-31)15-35(44)22-13-23(39)27-26(18-10-19(37)12-20(38)11-18)29(42)24(40)14-32(27,4)21(22)6-7-33(30,35)5/h10-13,16-17,21,24-31,36-38,40-44H,6-9,14-15H2,1-5H3/t17-,21+,24-,25-,26+,27-,28-,29-,30+,31+,32+,33+,34+,35-/m0/s1. The van der Waals surface area contributed by atoms with Crippen molar-refractivity contribution in [2.75, 3.05) is 6.61 Å². The second-order valence-corrected chi connectivity index (χ2v) is 15.8. The van der Waals surface area contributed by atoms with E-state index in [2.05, 4.69) is 0 Å². The zero-order valence-electron chi connectivity index (χ0n) is 26.8. The Kier molecular flexibility index (Phi) is 7.84. The molecule has 1 aromatic carbocycles. The predicted octanol–water partition coefficient (Wildman–Crippen LogP) is 2.14. The van der Waals surface area contributed by atoms with Crippen molar-refractivity contribution in [3.63, 3.8) is 0 Å². The molecular weight excluding hydrogens is 580 g/mol. The van der Waals surface area contributed by atoms with Gasteiger partial charge in [-0.1, -0.05) is 34.6 Å². The molecular formula is C35H50O10. The molecule has 8 N–H and O–H groups in total. The normalized spacial score (nSPS) is 47.0. The number of aliphatic hydroxyl groups excluding tert-OH is 4. The molecule has 0 bridgehead atoms. The lowest BCUT2D eigenvalue weighted by atomic mass is 9.43. The lowest BCUT2D eigenvalue weighted by Crippen LogP contribution is -2.64. The van der Waals surface area contributed by atoms with Gasteiger partial charge in [0.2, 0.25) is 0 Å². The highest BCUT2D eigenvalue weighted by atomic mass is 16.5. The molecule has 10 heteroatoms. The Hall–Kier alpha value is -2.05. The molecule has 1 aromatic rings. The molecule has 0 aromatic heterocycles. The molecule has 250 valence electrons. The van der Waals surface area contributed by atoms with Gasteiger partial charge in [0.05, 0.1) is 30.0 Å². The average molecular weight is 631 g/mol. The van der Waals surface area contributed by atoms with Gasteiger partial charge in [-0.3, -0.25) is 4.79 Å². The van der Waals surface area contributed by atoms with Crippen molar-refractivity contribution in [2.45, 2.75) is 114 Å². The third kappa shape index (κ3) is 4.43. The maximum Gasteiger partial charge on any atom is 0.160 e. The first-order valence-electron chi connectivity index (χ1n) is 16.5. The van der Waals surface area contributed by atoms with Crippen LogP contribution in [0.5, 0.6) is 11.5 Å². The summed E-state index contributed by atoms with van der Waals surface area (Å²) in [5.74, 6) is -3.49. The van der Waals surface area contributed by atoms with Crippen LogP contribution in [0.2, 0.25) is 0 Å². The smallest absolute Gasteiger partial charge is 0.160 e. The van der Waals surface area contributed by atoms with E-state index in [0.29, 0.717) is 24.0 Å². The summed E-state index contributed by atoms with van der Waals surface area (Å²) in [5, 5.41) is 89.5. The minimum Gasteiger partial charge on any atom is -0.508 e. The highest BCUT2D eigenvalue weighted by molar-refractivity contribution is 5.96. The number of carbonyl (C=O) groups is 1. The van der Waals surface area contributed by atoms with Crippen LogP contribution in [0.3, 0.4) is 0 Å². The Bertz CT molecular complexity index is 1360. The van der Waals surface area contributed by atoms with E-state index in [0.717, 1.165) is 6.07 Å². The minimum absolute atomic E-state index is 0.0316. The zero-order valence-corrected chi connectivity index (χ0v) is 26.8. The first-order valence-corrected chi connectivity index (χ1v) is 16.5. The molecule has 14 atom stereocenters. The van der Waals surface area contributed by atoms with E-state index in [1.165, 1.54) is 18.2 Å². The van der Waals surface area contributed by atoms with E-state index in [1.807, 2.05) is 34.6 Å². The fourth-order valence-electron chi connectivity index (χ4n) is 10.8. The van der Waals surface area contributed by atoms with E-state index in [4.69, 9.17) is 4.74 Å². The van der Waals surface area contributed by atoms with Crippen LogP contribution in [0.25, 0.3) is 0 Å². The summed E-state index contributed by atoms with van der Waals surface area (Å²) in [5.41, 5.74) is -4.11. The van der Waals surface area contributed by atoms with E-state index in [9.17, 15) is 45.6 Å². The second kappa shape index (κ2) is 10.7. The van der Waals surface area contributed by atoms with Crippen molar-refractivity contribution in [3.8, 4) is 11.5 Å². The van der Waals surface area contributed by atoms with Crippen LogP contribution in [0, 0.1) is 40.4 Å². The number of fused-ring (bicyclic) bond motifs is 7. The third-order valence-electron chi connectivity index (χ3n) is 13.3. The number of ether oxygens (including phenoxy) is 1. The molecule has 10 nitrogen and oxygen atoms in total. The summed E-state index contributed by atoms with van der Waals surface area (Å²) in [7, 11) is 0. The van der Waals surface area contributed by atoms with Crippen molar-refractivity contribution < 1.29 is 50.4 Å². The number of ketones is 1.